The highest BCUT2D eigenvalue weighted by atomic mass is 35.5. The molecule has 2 aliphatic rings. The van der Waals surface area contributed by atoms with Crippen molar-refractivity contribution in [1.82, 2.24) is 10.6 Å². The lowest BCUT2D eigenvalue weighted by atomic mass is 9.84. The number of hydrogen-bond donors (Lipinski definition) is 2. The predicted octanol–water partition coefficient (Wildman–Crippen LogP) is 4.22. The van der Waals surface area contributed by atoms with Crippen LogP contribution in [0.4, 0.5) is 4.39 Å². The summed E-state index contributed by atoms with van der Waals surface area (Å²) >= 11 is 6.16. The number of amides is 1. The normalized spacial score (nSPS) is 25.4. The Bertz CT molecular complexity index is 611. The van der Waals surface area contributed by atoms with E-state index in [-0.39, 0.29) is 29.5 Å². The van der Waals surface area contributed by atoms with Gasteiger partial charge in [-0.2, -0.15) is 0 Å². The first-order valence-corrected chi connectivity index (χ1v) is 9.19. The molecule has 1 aromatic rings. The minimum absolute atomic E-state index is 0. The van der Waals surface area contributed by atoms with Gasteiger partial charge in [0.2, 0.25) is 5.91 Å². The number of carbonyl (C=O) groups excluding carboxylic acids is 1. The van der Waals surface area contributed by atoms with Crippen LogP contribution in [0.2, 0.25) is 5.02 Å². The van der Waals surface area contributed by atoms with Crippen molar-refractivity contribution in [2.45, 2.75) is 63.5 Å². The summed E-state index contributed by atoms with van der Waals surface area (Å²) in [5.74, 6) is 0.248. The first-order chi connectivity index (χ1) is 11.3. The zero-order chi connectivity index (χ0) is 17.3. The van der Waals surface area contributed by atoms with Crippen molar-refractivity contribution in [3.8, 4) is 0 Å². The third kappa shape index (κ3) is 5.08. The molecule has 140 valence electrons. The van der Waals surface area contributed by atoms with E-state index in [4.69, 9.17) is 11.6 Å². The third-order valence-corrected chi connectivity index (χ3v) is 5.75. The van der Waals surface area contributed by atoms with Crippen LogP contribution < -0.4 is 10.6 Å². The molecule has 0 saturated carbocycles. The van der Waals surface area contributed by atoms with Gasteiger partial charge >= 0.3 is 0 Å². The van der Waals surface area contributed by atoms with Crippen LogP contribution in [-0.2, 0) is 10.2 Å². The van der Waals surface area contributed by atoms with E-state index in [0.717, 1.165) is 18.4 Å². The van der Waals surface area contributed by atoms with E-state index in [9.17, 15) is 9.18 Å². The Morgan fingerprint density at radius 2 is 1.96 bits per heavy atom. The molecule has 3 nitrogen and oxygen atoms in total. The minimum Gasteiger partial charge on any atom is -0.355 e. The molecule has 2 saturated heterocycles. The van der Waals surface area contributed by atoms with Crippen LogP contribution in [0.1, 0.15) is 51.5 Å². The first-order valence-electron chi connectivity index (χ1n) is 8.82. The van der Waals surface area contributed by atoms with Gasteiger partial charge in [0.15, 0.2) is 0 Å². The standard InChI is InChI=1S/C19H26ClFN2O.ClH/c1-19(2,16-6-3-13(21)10-17(16)20)11-22-18(24)9-12-7-14-4-5-15(8-12)23-14;/h3,6,10,12,14-15,23H,4-5,7-9,11H2,1-2H3,(H,22,24);1H. The van der Waals surface area contributed by atoms with Crippen LogP contribution >= 0.6 is 24.0 Å². The van der Waals surface area contributed by atoms with Crippen molar-refractivity contribution in [2.24, 2.45) is 5.92 Å². The van der Waals surface area contributed by atoms with E-state index < -0.39 is 0 Å². The summed E-state index contributed by atoms with van der Waals surface area (Å²) in [7, 11) is 0. The molecule has 1 amide bonds. The van der Waals surface area contributed by atoms with Gasteiger partial charge in [0.25, 0.3) is 0 Å². The molecule has 2 atom stereocenters. The highest BCUT2D eigenvalue weighted by molar-refractivity contribution is 6.31. The summed E-state index contributed by atoms with van der Waals surface area (Å²) in [5, 5.41) is 7.06. The first kappa shape index (κ1) is 20.5. The fourth-order valence-electron chi connectivity index (χ4n) is 4.13. The summed E-state index contributed by atoms with van der Waals surface area (Å²) < 4.78 is 13.2. The van der Waals surface area contributed by atoms with Crippen LogP contribution in [0, 0.1) is 11.7 Å². The van der Waals surface area contributed by atoms with Gasteiger partial charge in [0.05, 0.1) is 0 Å². The number of rotatable bonds is 5. The van der Waals surface area contributed by atoms with Gasteiger partial charge < -0.3 is 10.6 Å². The molecule has 1 aromatic carbocycles. The summed E-state index contributed by atoms with van der Waals surface area (Å²) in [6, 6.07) is 5.65. The molecule has 2 fully saturated rings. The van der Waals surface area contributed by atoms with E-state index in [0.29, 0.717) is 36.0 Å². The Labute approximate surface area is 160 Å². The molecule has 0 aromatic heterocycles. The van der Waals surface area contributed by atoms with Gasteiger partial charge in [-0.05, 0) is 49.3 Å². The van der Waals surface area contributed by atoms with Gasteiger partial charge in [-0.15, -0.1) is 12.4 Å². The maximum Gasteiger partial charge on any atom is 0.220 e. The van der Waals surface area contributed by atoms with Gasteiger partial charge in [0.1, 0.15) is 5.82 Å². The SMILES string of the molecule is CC(C)(CNC(=O)CC1CC2CCC(C1)N2)c1ccc(F)cc1Cl.Cl. The van der Waals surface area contributed by atoms with Crippen molar-refractivity contribution < 1.29 is 9.18 Å². The molecule has 2 unspecified atom stereocenters. The second-order valence-corrected chi connectivity index (χ2v) is 8.37. The molecule has 0 aliphatic carbocycles. The summed E-state index contributed by atoms with van der Waals surface area (Å²) in [4.78, 5) is 12.3. The predicted molar refractivity (Wildman–Crippen MR) is 102 cm³/mol. The summed E-state index contributed by atoms with van der Waals surface area (Å²) in [6.45, 7) is 4.52. The summed E-state index contributed by atoms with van der Waals surface area (Å²) in [5.41, 5.74) is 0.513. The molecule has 25 heavy (non-hydrogen) atoms. The third-order valence-electron chi connectivity index (χ3n) is 5.43. The van der Waals surface area contributed by atoms with Crippen LogP contribution in [0.5, 0.6) is 0 Å². The number of fused-ring (bicyclic) bond motifs is 2. The van der Waals surface area contributed by atoms with E-state index in [1.165, 1.54) is 25.0 Å². The highest BCUT2D eigenvalue weighted by Gasteiger charge is 2.34. The van der Waals surface area contributed by atoms with Crippen molar-refractivity contribution in [3.63, 3.8) is 0 Å². The topological polar surface area (TPSA) is 41.1 Å². The maximum absolute atomic E-state index is 13.2. The minimum atomic E-state index is -0.343. The molecule has 2 bridgehead atoms. The van der Waals surface area contributed by atoms with Crippen LogP contribution in [0.25, 0.3) is 0 Å². The number of hydrogen-bond acceptors (Lipinski definition) is 2. The number of piperidine rings is 1. The quantitative estimate of drug-likeness (QED) is 0.792. The van der Waals surface area contributed by atoms with Gasteiger partial charge in [-0.1, -0.05) is 31.5 Å². The Hall–Kier alpha value is -0.840. The van der Waals surface area contributed by atoms with Crippen molar-refractivity contribution in [1.29, 1.82) is 0 Å². The van der Waals surface area contributed by atoms with Gasteiger partial charge in [0, 0.05) is 35.5 Å². The largest absolute Gasteiger partial charge is 0.355 e. The average Bonchev–Trinajstić information content (AvgIpc) is 2.84. The second kappa shape index (κ2) is 8.24. The van der Waals surface area contributed by atoms with E-state index in [1.807, 2.05) is 13.8 Å². The molecule has 2 aliphatic heterocycles. The van der Waals surface area contributed by atoms with Crippen LogP contribution in [0.15, 0.2) is 18.2 Å². The number of nitrogens with one attached hydrogen (secondary N) is 2. The van der Waals surface area contributed by atoms with Gasteiger partial charge in [-0.25, -0.2) is 4.39 Å². The van der Waals surface area contributed by atoms with Crippen molar-refractivity contribution >= 4 is 29.9 Å². The average molecular weight is 389 g/mol. The van der Waals surface area contributed by atoms with Gasteiger partial charge in [-0.3, -0.25) is 4.79 Å². The second-order valence-electron chi connectivity index (χ2n) is 7.96. The Morgan fingerprint density at radius 1 is 1.32 bits per heavy atom. The number of benzene rings is 1. The fourth-order valence-corrected chi connectivity index (χ4v) is 4.55. The molecule has 6 heteroatoms. The molecule has 3 rings (SSSR count). The van der Waals surface area contributed by atoms with Crippen molar-refractivity contribution in [2.75, 3.05) is 6.54 Å². The lowest BCUT2D eigenvalue weighted by molar-refractivity contribution is -0.122. The van der Waals surface area contributed by atoms with Crippen molar-refractivity contribution in [3.05, 3.63) is 34.6 Å². The lowest BCUT2D eigenvalue weighted by Crippen LogP contribution is -2.41. The lowest BCUT2D eigenvalue weighted by Gasteiger charge is -2.30. The molecule has 0 radical (unpaired) electrons. The van der Waals surface area contributed by atoms with E-state index >= 15 is 0 Å². The monoisotopic (exact) mass is 388 g/mol. The summed E-state index contributed by atoms with van der Waals surface area (Å²) in [6.07, 6.45) is 5.31. The van der Waals surface area contributed by atoms with E-state index in [1.54, 1.807) is 6.07 Å². The zero-order valence-corrected chi connectivity index (χ0v) is 16.4. The Morgan fingerprint density at radius 3 is 2.56 bits per heavy atom. The maximum atomic E-state index is 13.2. The fraction of sp³-hybridized carbons (Fsp3) is 0.632. The molecular weight excluding hydrogens is 362 g/mol. The van der Waals surface area contributed by atoms with Crippen LogP contribution in [0.3, 0.4) is 0 Å². The highest BCUT2D eigenvalue weighted by Crippen LogP contribution is 2.33. The Kier molecular flexibility index (Phi) is 6.74. The number of carbonyl (C=O) groups is 1. The number of halogens is 3. The van der Waals surface area contributed by atoms with E-state index in [2.05, 4.69) is 10.6 Å². The molecule has 0 spiro atoms. The Balaban J connectivity index is 0.00000225. The molecule has 2 heterocycles. The molecular formula is C19H27Cl2FN2O. The van der Waals surface area contributed by atoms with Crippen LogP contribution in [-0.4, -0.2) is 24.5 Å². The molecule has 2 N–H and O–H groups in total. The smallest absolute Gasteiger partial charge is 0.220 e. The zero-order valence-electron chi connectivity index (χ0n) is 14.8.